The summed E-state index contributed by atoms with van der Waals surface area (Å²) >= 11 is 7.35. The van der Waals surface area contributed by atoms with E-state index in [1.807, 2.05) is 0 Å². The number of ether oxygens (including phenoxy) is 1. The van der Waals surface area contributed by atoms with Crippen LogP contribution in [0.5, 0.6) is 0 Å². The van der Waals surface area contributed by atoms with Crippen molar-refractivity contribution in [3.05, 3.63) is 0 Å². The molecule has 66 valence electrons. The monoisotopic (exact) mass is 219 g/mol. The van der Waals surface area contributed by atoms with Crippen LogP contribution in [0.25, 0.3) is 0 Å². The van der Waals surface area contributed by atoms with Crippen LogP contribution in [0, 0.1) is 0 Å². The Morgan fingerprint density at radius 1 is 1.42 bits per heavy atom. The molecule has 0 saturated carbocycles. The Labute approximate surface area is 104 Å². The maximum atomic E-state index is 10.7. The van der Waals surface area contributed by atoms with Crippen LogP contribution < -0.4 is 5.73 Å². The van der Waals surface area contributed by atoms with Crippen LogP contribution in [-0.4, -0.2) is 59.0 Å². The van der Waals surface area contributed by atoms with Crippen LogP contribution in [0.4, 0.5) is 0 Å². The van der Waals surface area contributed by atoms with Crippen LogP contribution in [-0.2, 0) is 14.3 Å². The quantitative estimate of drug-likeness (QED) is 0.236. The summed E-state index contributed by atoms with van der Waals surface area (Å²) in [7, 11) is 0. The van der Waals surface area contributed by atoms with Crippen molar-refractivity contribution in [3.8, 4) is 0 Å². The van der Waals surface area contributed by atoms with Crippen LogP contribution >= 0.6 is 25.3 Å². The summed E-state index contributed by atoms with van der Waals surface area (Å²) < 4.78 is 4.22. The minimum absolute atomic E-state index is 0. The number of esters is 2. The summed E-state index contributed by atoms with van der Waals surface area (Å²) in [5.74, 6) is -1.45. The molecule has 0 saturated heterocycles. The molecule has 0 spiro atoms. The number of hydrogen-bond acceptors (Lipinski definition) is 6. The van der Waals surface area contributed by atoms with Gasteiger partial charge in [-0.25, -0.2) is 4.79 Å². The molecule has 0 fully saturated rings. The molecule has 0 rings (SSSR count). The van der Waals surface area contributed by atoms with Crippen LogP contribution in [0.2, 0.25) is 0 Å². The Bertz CT molecular complexity index is 167. The molecule has 0 unspecified atom stereocenters. The Morgan fingerprint density at radius 2 is 1.92 bits per heavy atom. The Kier molecular flexibility index (Phi) is 10.7. The van der Waals surface area contributed by atoms with Gasteiger partial charge in [0.2, 0.25) is 0 Å². The van der Waals surface area contributed by atoms with Gasteiger partial charge in [0, 0.05) is 5.75 Å². The minimum atomic E-state index is -0.845. The maximum absolute atomic E-state index is 10.7. The molecule has 0 aromatic carbocycles. The van der Waals surface area contributed by atoms with Gasteiger partial charge in [-0.2, -0.15) is 25.3 Å². The predicted molar refractivity (Wildman–Crippen MR) is 53.9 cm³/mol. The molecule has 0 aromatic rings. The van der Waals surface area contributed by atoms with Crippen molar-refractivity contribution in [2.24, 2.45) is 5.73 Å². The van der Waals surface area contributed by atoms with E-state index in [4.69, 9.17) is 5.73 Å². The zero-order valence-corrected chi connectivity index (χ0v) is 7.48. The molecule has 0 radical (unpaired) electrons. The second-order valence-electron chi connectivity index (χ2n) is 1.74. The first-order valence-corrected chi connectivity index (χ1v) is 4.10. The van der Waals surface area contributed by atoms with Gasteiger partial charge in [-0.05, 0) is 0 Å². The summed E-state index contributed by atoms with van der Waals surface area (Å²) in [6.45, 7) is 0. The first-order valence-electron chi connectivity index (χ1n) is 2.83. The zero-order chi connectivity index (χ0) is 8.85. The van der Waals surface area contributed by atoms with Crippen molar-refractivity contribution in [2.75, 3.05) is 11.5 Å². The van der Waals surface area contributed by atoms with Gasteiger partial charge >= 0.3 is 41.5 Å². The molecular weight excluding hydrogens is 209 g/mol. The first kappa shape index (κ1) is 15.3. The van der Waals surface area contributed by atoms with Crippen molar-refractivity contribution < 1.29 is 14.3 Å². The summed E-state index contributed by atoms with van der Waals surface area (Å²) in [5.41, 5.74) is 5.19. The molecule has 4 nitrogen and oxygen atoms in total. The molecule has 0 heterocycles. The predicted octanol–water partition coefficient (Wildman–Crippen LogP) is -1.41. The Morgan fingerprint density at radius 3 is 2.25 bits per heavy atom. The third-order valence-corrected chi connectivity index (χ3v) is 1.49. The molecule has 7 heteroatoms. The standard InChI is InChI=1S/C5H9NO3S2.Na.H/c6-3(1-10)5(8)9-4(7)2-11;;/h3,10-11H,1-2,6H2;;/t3-;;/m0../s1. The van der Waals surface area contributed by atoms with Gasteiger partial charge in [-0.3, -0.25) is 4.79 Å². The van der Waals surface area contributed by atoms with Gasteiger partial charge in [0.15, 0.2) is 0 Å². The topological polar surface area (TPSA) is 69.4 Å². The Balaban J connectivity index is 0. The summed E-state index contributed by atoms with van der Waals surface area (Å²) in [5, 5.41) is 0. The molecule has 0 amide bonds. The number of carbonyl (C=O) groups is 2. The van der Waals surface area contributed by atoms with E-state index in [1.165, 1.54) is 0 Å². The third-order valence-electron chi connectivity index (χ3n) is 0.843. The van der Waals surface area contributed by atoms with E-state index >= 15 is 0 Å². The van der Waals surface area contributed by atoms with Crippen molar-refractivity contribution >= 4 is 66.8 Å². The van der Waals surface area contributed by atoms with Crippen molar-refractivity contribution in [3.63, 3.8) is 0 Å². The number of carbonyl (C=O) groups excluding carboxylic acids is 2. The van der Waals surface area contributed by atoms with Crippen molar-refractivity contribution in [1.82, 2.24) is 0 Å². The average Bonchev–Trinajstić information content (AvgIpc) is 2.02. The molecule has 12 heavy (non-hydrogen) atoms. The summed E-state index contributed by atoms with van der Waals surface area (Å²) in [4.78, 5) is 21.1. The number of rotatable bonds is 3. The van der Waals surface area contributed by atoms with E-state index in [-0.39, 0.29) is 41.1 Å². The van der Waals surface area contributed by atoms with Gasteiger partial charge in [-0.1, -0.05) is 0 Å². The average molecular weight is 219 g/mol. The van der Waals surface area contributed by atoms with E-state index in [0.29, 0.717) is 0 Å². The Hall–Kier alpha value is 0.800. The fourth-order valence-corrected chi connectivity index (χ4v) is 0.508. The summed E-state index contributed by atoms with van der Waals surface area (Å²) in [6.07, 6.45) is 0. The van der Waals surface area contributed by atoms with E-state index < -0.39 is 18.0 Å². The first-order chi connectivity index (χ1) is 5.11. The van der Waals surface area contributed by atoms with Gasteiger partial charge in [0.25, 0.3) is 0 Å². The number of hydrogen-bond donors (Lipinski definition) is 3. The molecule has 0 bridgehead atoms. The van der Waals surface area contributed by atoms with E-state index in [2.05, 4.69) is 30.0 Å². The molecule has 0 aliphatic carbocycles. The molecule has 2 N–H and O–H groups in total. The molecular formula is C5H10NNaO3S2. The third kappa shape index (κ3) is 6.33. The van der Waals surface area contributed by atoms with E-state index in [1.54, 1.807) is 0 Å². The fourth-order valence-electron chi connectivity index (χ4n) is 0.295. The number of nitrogens with two attached hydrogens (primary N) is 1. The van der Waals surface area contributed by atoms with Crippen LogP contribution in [0.3, 0.4) is 0 Å². The SMILES string of the molecule is N[C@@H](CS)C(=O)OC(=O)CS.[NaH]. The van der Waals surface area contributed by atoms with Crippen LogP contribution in [0.1, 0.15) is 0 Å². The van der Waals surface area contributed by atoms with Gasteiger partial charge in [-0.15, -0.1) is 0 Å². The number of thiol groups is 2. The summed E-state index contributed by atoms with van der Waals surface area (Å²) in [6, 6.07) is -0.845. The fraction of sp³-hybridized carbons (Fsp3) is 0.600. The van der Waals surface area contributed by atoms with Crippen LogP contribution in [0.15, 0.2) is 0 Å². The van der Waals surface area contributed by atoms with E-state index in [9.17, 15) is 9.59 Å². The second kappa shape index (κ2) is 8.40. The zero-order valence-electron chi connectivity index (χ0n) is 5.69. The molecule has 0 aliphatic rings. The normalized spacial score (nSPS) is 11.2. The second-order valence-corrected chi connectivity index (χ2v) is 2.42. The van der Waals surface area contributed by atoms with Gasteiger partial charge < -0.3 is 10.5 Å². The molecule has 0 aliphatic heterocycles. The van der Waals surface area contributed by atoms with Crippen molar-refractivity contribution in [2.45, 2.75) is 6.04 Å². The van der Waals surface area contributed by atoms with Gasteiger partial charge in [0.05, 0.1) is 5.75 Å². The van der Waals surface area contributed by atoms with Crippen molar-refractivity contribution in [1.29, 1.82) is 0 Å². The molecule has 0 aromatic heterocycles. The molecule has 1 atom stereocenters. The van der Waals surface area contributed by atoms with E-state index in [0.717, 1.165) is 0 Å². The van der Waals surface area contributed by atoms with Gasteiger partial charge in [0.1, 0.15) is 6.04 Å².